The number of urea groups is 1. The molecule has 0 unspecified atom stereocenters. The number of sulfonamides is 1. The Hall–Kier alpha value is -2.54. The summed E-state index contributed by atoms with van der Waals surface area (Å²) in [4.78, 5) is 13.6. The number of carbonyl (C=O) groups is 1. The van der Waals surface area contributed by atoms with Crippen LogP contribution >= 0.6 is 0 Å². The van der Waals surface area contributed by atoms with Crippen LogP contribution < -0.4 is 14.9 Å². The van der Waals surface area contributed by atoms with Crippen LogP contribution in [0.3, 0.4) is 0 Å². The lowest BCUT2D eigenvalue weighted by Crippen LogP contribution is -2.36. The number of rotatable bonds is 4. The van der Waals surface area contributed by atoms with Crippen molar-refractivity contribution in [2.45, 2.75) is 24.7 Å². The number of nitrogens with one attached hydrogen (secondary N) is 2. The van der Waals surface area contributed by atoms with Crippen LogP contribution in [0, 0.1) is 0 Å². The highest BCUT2D eigenvalue weighted by atomic mass is 32.2. The van der Waals surface area contributed by atoms with Gasteiger partial charge >= 0.3 is 6.03 Å². The zero-order valence-corrected chi connectivity index (χ0v) is 15.1. The van der Waals surface area contributed by atoms with Crippen molar-refractivity contribution < 1.29 is 13.2 Å². The standard InChI is InChI=1S/C18H21N3O3S/c1-3-13-4-6-15(7-5-13)20-25(23,24)16-8-9-17-14(12-16)10-11-21(17)18(22)19-2/h4-9,12,20H,3,10-11H2,1-2H3,(H,19,22). The smallest absolute Gasteiger partial charge is 0.321 e. The third-order valence-electron chi connectivity index (χ3n) is 4.33. The molecule has 1 aliphatic heterocycles. The molecule has 0 radical (unpaired) electrons. The highest BCUT2D eigenvalue weighted by Gasteiger charge is 2.26. The van der Waals surface area contributed by atoms with E-state index in [4.69, 9.17) is 0 Å². The molecule has 1 heterocycles. The van der Waals surface area contributed by atoms with E-state index in [1.165, 1.54) is 6.07 Å². The molecule has 6 nitrogen and oxygen atoms in total. The minimum atomic E-state index is -3.67. The maximum atomic E-state index is 12.6. The number of aryl methyl sites for hydroxylation is 1. The molecule has 2 aromatic rings. The van der Waals surface area contributed by atoms with Gasteiger partial charge in [0.2, 0.25) is 0 Å². The molecular formula is C18H21N3O3S. The van der Waals surface area contributed by atoms with Gasteiger partial charge in [0.25, 0.3) is 10.0 Å². The number of carbonyl (C=O) groups excluding carboxylic acids is 1. The van der Waals surface area contributed by atoms with Crippen LogP contribution in [0.15, 0.2) is 47.4 Å². The first-order valence-corrected chi connectivity index (χ1v) is 9.67. The molecule has 0 fully saturated rings. The van der Waals surface area contributed by atoms with Gasteiger partial charge in [0.1, 0.15) is 0 Å². The van der Waals surface area contributed by atoms with Gasteiger partial charge in [-0.1, -0.05) is 19.1 Å². The van der Waals surface area contributed by atoms with Crippen molar-refractivity contribution >= 4 is 27.4 Å². The van der Waals surface area contributed by atoms with Crippen LogP contribution in [-0.4, -0.2) is 28.0 Å². The van der Waals surface area contributed by atoms with E-state index in [-0.39, 0.29) is 10.9 Å². The fourth-order valence-corrected chi connectivity index (χ4v) is 4.02. The lowest BCUT2D eigenvalue weighted by atomic mass is 10.2. The van der Waals surface area contributed by atoms with Crippen LogP contribution in [0.4, 0.5) is 16.2 Å². The van der Waals surface area contributed by atoms with E-state index in [1.54, 1.807) is 36.2 Å². The molecule has 132 valence electrons. The number of nitrogens with zero attached hydrogens (tertiary/aromatic N) is 1. The number of amides is 2. The van der Waals surface area contributed by atoms with Crippen molar-refractivity contribution in [3.05, 3.63) is 53.6 Å². The predicted octanol–water partition coefficient (Wildman–Crippen LogP) is 2.75. The fraction of sp³-hybridized carbons (Fsp3) is 0.278. The average Bonchev–Trinajstić information content (AvgIpc) is 3.04. The highest BCUT2D eigenvalue weighted by Crippen LogP contribution is 2.30. The lowest BCUT2D eigenvalue weighted by molar-refractivity contribution is 0.248. The van der Waals surface area contributed by atoms with Crippen molar-refractivity contribution in [2.75, 3.05) is 23.2 Å². The number of hydrogen-bond donors (Lipinski definition) is 2. The Morgan fingerprint density at radius 2 is 1.88 bits per heavy atom. The fourth-order valence-electron chi connectivity index (χ4n) is 2.91. The van der Waals surface area contributed by atoms with Gasteiger partial charge in [-0.2, -0.15) is 0 Å². The van der Waals surface area contributed by atoms with Gasteiger partial charge in [0, 0.05) is 25.0 Å². The Kier molecular flexibility index (Phi) is 4.67. The van der Waals surface area contributed by atoms with Crippen molar-refractivity contribution in [3.63, 3.8) is 0 Å². The maximum absolute atomic E-state index is 12.6. The van der Waals surface area contributed by atoms with Gasteiger partial charge in [-0.3, -0.25) is 9.62 Å². The van der Waals surface area contributed by atoms with E-state index in [1.807, 2.05) is 19.1 Å². The normalized spacial score (nSPS) is 13.4. The molecule has 25 heavy (non-hydrogen) atoms. The van der Waals surface area contributed by atoms with E-state index < -0.39 is 10.0 Å². The van der Waals surface area contributed by atoms with E-state index in [0.29, 0.717) is 18.7 Å². The molecule has 0 aliphatic carbocycles. The molecular weight excluding hydrogens is 338 g/mol. The molecule has 0 aromatic heterocycles. The first-order chi connectivity index (χ1) is 11.9. The largest absolute Gasteiger partial charge is 0.341 e. The monoisotopic (exact) mass is 359 g/mol. The summed E-state index contributed by atoms with van der Waals surface area (Å²) >= 11 is 0. The van der Waals surface area contributed by atoms with Crippen molar-refractivity contribution in [3.8, 4) is 0 Å². The number of anilines is 2. The summed E-state index contributed by atoms with van der Waals surface area (Å²) in [5, 5.41) is 2.59. The highest BCUT2D eigenvalue weighted by molar-refractivity contribution is 7.92. The molecule has 1 aliphatic rings. The predicted molar refractivity (Wildman–Crippen MR) is 98.6 cm³/mol. The van der Waals surface area contributed by atoms with E-state index in [9.17, 15) is 13.2 Å². The minimum absolute atomic E-state index is 0.191. The van der Waals surface area contributed by atoms with E-state index in [2.05, 4.69) is 10.0 Å². The van der Waals surface area contributed by atoms with Crippen LogP contribution in [0.25, 0.3) is 0 Å². The van der Waals surface area contributed by atoms with Crippen LogP contribution in [0.1, 0.15) is 18.1 Å². The Morgan fingerprint density at radius 3 is 2.52 bits per heavy atom. The quantitative estimate of drug-likeness (QED) is 0.881. The molecule has 0 saturated carbocycles. The summed E-state index contributed by atoms with van der Waals surface area (Å²) in [6, 6.07) is 12.0. The number of hydrogen-bond acceptors (Lipinski definition) is 3. The van der Waals surface area contributed by atoms with Crippen molar-refractivity contribution in [2.24, 2.45) is 0 Å². The topological polar surface area (TPSA) is 78.5 Å². The third-order valence-corrected chi connectivity index (χ3v) is 5.71. The summed E-state index contributed by atoms with van der Waals surface area (Å²) in [6.45, 7) is 2.59. The molecule has 2 N–H and O–H groups in total. The molecule has 0 bridgehead atoms. The second-order valence-electron chi connectivity index (χ2n) is 5.90. The molecule has 7 heteroatoms. The van der Waals surface area contributed by atoms with Gasteiger partial charge in [-0.05, 0) is 54.3 Å². The zero-order chi connectivity index (χ0) is 18.0. The number of benzene rings is 2. The molecule has 2 amide bonds. The number of fused-ring (bicyclic) bond motifs is 1. The first kappa shape index (κ1) is 17.3. The molecule has 3 rings (SSSR count). The molecule has 2 aromatic carbocycles. The van der Waals surface area contributed by atoms with Gasteiger partial charge in [-0.25, -0.2) is 13.2 Å². The van der Waals surface area contributed by atoms with Gasteiger partial charge in [0.05, 0.1) is 4.90 Å². The van der Waals surface area contributed by atoms with Crippen LogP contribution in [0.5, 0.6) is 0 Å². The summed E-state index contributed by atoms with van der Waals surface area (Å²) in [6.07, 6.45) is 1.54. The van der Waals surface area contributed by atoms with E-state index in [0.717, 1.165) is 23.2 Å². The zero-order valence-electron chi connectivity index (χ0n) is 14.2. The van der Waals surface area contributed by atoms with Crippen molar-refractivity contribution in [1.29, 1.82) is 0 Å². The maximum Gasteiger partial charge on any atom is 0.321 e. The Bertz CT molecular complexity index is 892. The molecule has 0 atom stereocenters. The second kappa shape index (κ2) is 6.76. The molecule has 0 saturated heterocycles. The summed E-state index contributed by atoms with van der Waals surface area (Å²) in [7, 11) is -2.09. The van der Waals surface area contributed by atoms with Crippen LogP contribution in [-0.2, 0) is 22.9 Å². The SMILES string of the molecule is CCc1ccc(NS(=O)(=O)c2ccc3c(c2)CCN3C(=O)NC)cc1. The van der Waals surface area contributed by atoms with E-state index >= 15 is 0 Å². The lowest BCUT2D eigenvalue weighted by Gasteiger charge is -2.16. The van der Waals surface area contributed by atoms with Crippen molar-refractivity contribution in [1.82, 2.24) is 5.32 Å². The third kappa shape index (κ3) is 3.46. The Labute approximate surface area is 147 Å². The summed E-state index contributed by atoms with van der Waals surface area (Å²) < 4.78 is 27.8. The van der Waals surface area contributed by atoms with Crippen LogP contribution in [0.2, 0.25) is 0 Å². The Balaban J connectivity index is 1.84. The first-order valence-electron chi connectivity index (χ1n) is 8.18. The summed E-state index contributed by atoms with van der Waals surface area (Å²) in [5.74, 6) is 0. The minimum Gasteiger partial charge on any atom is -0.341 e. The Morgan fingerprint density at radius 1 is 1.16 bits per heavy atom. The average molecular weight is 359 g/mol. The van der Waals surface area contributed by atoms with Gasteiger partial charge < -0.3 is 5.32 Å². The van der Waals surface area contributed by atoms with Gasteiger partial charge in [0.15, 0.2) is 0 Å². The van der Waals surface area contributed by atoms with Gasteiger partial charge in [-0.15, -0.1) is 0 Å². The summed E-state index contributed by atoms with van der Waals surface area (Å²) in [5.41, 5.74) is 3.29. The second-order valence-corrected chi connectivity index (χ2v) is 7.59. The molecule has 0 spiro atoms.